The minimum Gasteiger partial charge on any atom is -0.332 e. The first-order valence-corrected chi connectivity index (χ1v) is 8.04. The first-order chi connectivity index (χ1) is 10.1. The molecule has 0 saturated heterocycles. The summed E-state index contributed by atoms with van der Waals surface area (Å²) in [5, 5.41) is 5.97. The fourth-order valence-corrected chi connectivity index (χ4v) is 2.33. The molecule has 2 aromatic rings. The summed E-state index contributed by atoms with van der Waals surface area (Å²) in [7, 11) is 0. The van der Waals surface area contributed by atoms with Crippen LogP contribution in [0.25, 0.3) is 0 Å². The summed E-state index contributed by atoms with van der Waals surface area (Å²) in [5.74, 6) is -0.214. The van der Waals surface area contributed by atoms with Gasteiger partial charge in [-0.25, -0.2) is 0 Å². The molecular formula is C16H15IN2OS. The number of amides is 1. The van der Waals surface area contributed by atoms with Crippen molar-refractivity contribution in [1.29, 1.82) is 0 Å². The van der Waals surface area contributed by atoms with Crippen molar-refractivity contribution in [3.63, 3.8) is 0 Å². The van der Waals surface area contributed by atoms with Gasteiger partial charge in [-0.15, -0.1) is 0 Å². The Morgan fingerprint density at radius 3 is 2.29 bits per heavy atom. The molecule has 21 heavy (non-hydrogen) atoms. The Bertz CT molecular complexity index is 638. The highest BCUT2D eigenvalue weighted by molar-refractivity contribution is 14.1. The van der Waals surface area contributed by atoms with Gasteiger partial charge in [0.1, 0.15) is 0 Å². The molecular weight excluding hydrogens is 395 g/mol. The van der Waals surface area contributed by atoms with E-state index in [1.807, 2.05) is 36.4 Å². The number of anilines is 1. The van der Waals surface area contributed by atoms with Crippen molar-refractivity contribution in [2.75, 3.05) is 5.32 Å². The SMILES string of the molecule is CCc1ccc(NC(=S)NC(=O)c2ccc(I)cc2)cc1. The average molecular weight is 410 g/mol. The Morgan fingerprint density at radius 2 is 1.71 bits per heavy atom. The third-order valence-corrected chi connectivity index (χ3v) is 3.88. The molecule has 0 aliphatic heterocycles. The highest BCUT2D eigenvalue weighted by Gasteiger charge is 2.07. The number of halogens is 1. The molecule has 0 aliphatic rings. The summed E-state index contributed by atoms with van der Waals surface area (Å²) in [6, 6.07) is 15.3. The maximum Gasteiger partial charge on any atom is 0.257 e. The third kappa shape index (κ3) is 4.78. The van der Waals surface area contributed by atoms with Crippen molar-refractivity contribution >= 4 is 51.5 Å². The molecule has 108 valence electrons. The number of thiocarbonyl (C=S) groups is 1. The molecule has 0 saturated carbocycles. The maximum absolute atomic E-state index is 12.0. The van der Waals surface area contributed by atoms with E-state index in [0.717, 1.165) is 15.7 Å². The van der Waals surface area contributed by atoms with Gasteiger partial charge < -0.3 is 5.32 Å². The van der Waals surface area contributed by atoms with E-state index < -0.39 is 0 Å². The van der Waals surface area contributed by atoms with Gasteiger partial charge in [0, 0.05) is 14.8 Å². The van der Waals surface area contributed by atoms with Crippen LogP contribution in [0.1, 0.15) is 22.8 Å². The minimum atomic E-state index is -0.214. The van der Waals surface area contributed by atoms with Crippen molar-refractivity contribution in [3.05, 3.63) is 63.2 Å². The molecule has 0 fully saturated rings. The Hall–Kier alpha value is -1.47. The molecule has 0 bridgehead atoms. The maximum atomic E-state index is 12.0. The lowest BCUT2D eigenvalue weighted by Crippen LogP contribution is -2.34. The lowest BCUT2D eigenvalue weighted by molar-refractivity contribution is 0.0977. The molecule has 0 aliphatic carbocycles. The minimum absolute atomic E-state index is 0.214. The van der Waals surface area contributed by atoms with Gasteiger partial charge in [0.15, 0.2) is 5.11 Å². The Labute approximate surface area is 143 Å². The van der Waals surface area contributed by atoms with Gasteiger partial charge in [-0.05, 0) is 83.2 Å². The molecule has 2 N–H and O–H groups in total. The van der Waals surface area contributed by atoms with E-state index in [-0.39, 0.29) is 5.91 Å². The zero-order valence-electron chi connectivity index (χ0n) is 11.5. The first kappa shape index (κ1) is 15.9. The van der Waals surface area contributed by atoms with Gasteiger partial charge in [0.05, 0.1) is 0 Å². The smallest absolute Gasteiger partial charge is 0.257 e. The van der Waals surface area contributed by atoms with Crippen LogP contribution in [0, 0.1) is 3.57 Å². The Morgan fingerprint density at radius 1 is 1.10 bits per heavy atom. The Balaban J connectivity index is 1.94. The Kier molecular flexibility index (Phi) is 5.69. The lowest BCUT2D eigenvalue weighted by Gasteiger charge is -2.10. The summed E-state index contributed by atoms with van der Waals surface area (Å²) < 4.78 is 1.08. The number of hydrogen-bond donors (Lipinski definition) is 2. The van der Waals surface area contributed by atoms with E-state index in [1.54, 1.807) is 12.1 Å². The summed E-state index contributed by atoms with van der Waals surface area (Å²) in [4.78, 5) is 12.0. The molecule has 0 unspecified atom stereocenters. The second-order valence-corrected chi connectivity index (χ2v) is 6.12. The summed E-state index contributed by atoms with van der Waals surface area (Å²) >= 11 is 7.35. The number of rotatable bonds is 3. The molecule has 1 amide bonds. The highest BCUT2D eigenvalue weighted by Crippen LogP contribution is 2.10. The second kappa shape index (κ2) is 7.51. The summed E-state index contributed by atoms with van der Waals surface area (Å²) in [6.45, 7) is 2.11. The van der Waals surface area contributed by atoms with Crippen molar-refractivity contribution in [3.8, 4) is 0 Å². The monoisotopic (exact) mass is 410 g/mol. The number of carbonyl (C=O) groups excluding carboxylic acids is 1. The van der Waals surface area contributed by atoms with Gasteiger partial charge in [0.25, 0.3) is 5.91 Å². The predicted octanol–water partition coefficient (Wildman–Crippen LogP) is 3.98. The van der Waals surface area contributed by atoms with Gasteiger partial charge >= 0.3 is 0 Å². The van der Waals surface area contributed by atoms with E-state index in [0.29, 0.717) is 10.7 Å². The topological polar surface area (TPSA) is 41.1 Å². The van der Waals surface area contributed by atoms with E-state index in [1.165, 1.54) is 5.56 Å². The highest BCUT2D eigenvalue weighted by atomic mass is 127. The molecule has 5 heteroatoms. The van der Waals surface area contributed by atoms with Crippen molar-refractivity contribution < 1.29 is 4.79 Å². The van der Waals surface area contributed by atoms with E-state index in [2.05, 4.69) is 40.1 Å². The number of nitrogens with one attached hydrogen (secondary N) is 2. The van der Waals surface area contributed by atoms with Crippen LogP contribution < -0.4 is 10.6 Å². The van der Waals surface area contributed by atoms with E-state index in [9.17, 15) is 4.79 Å². The molecule has 0 radical (unpaired) electrons. The van der Waals surface area contributed by atoms with Crippen LogP contribution in [0.2, 0.25) is 0 Å². The summed E-state index contributed by atoms with van der Waals surface area (Å²) in [6.07, 6.45) is 0.994. The molecule has 0 atom stereocenters. The fraction of sp³-hybridized carbons (Fsp3) is 0.125. The van der Waals surface area contributed by atoms with Crippen molar-refractivity contribution in [1.82, 2.24) is 5.32 Å². The fourth-order valence-electron chi connectivity index (χ4n) is 1.76. The van der Waals surface area contributed by atoms with Crippen LogP contribution in [-0.4, -0.2) is 11.0 Å². The number of aryl methyl sites for hydroxylation is 1. The molecule has 2 aromatic carbocycles. The number of hydrogen-bond acceptors (Lipinski definition) is 2. The predicted molar refractivity (Wildman–Crippen MR) is 98.7 cm³/mol. The second-order valence-electron chi connectivity index (χ2n) is 4.47. The molecule has 2 rings (SSSR count). The normalized spacial score (nSPS) is 10.0. The number of carbonyl (C=O) groups is 1. The molecule has 0 spiro atoms. The zero-order valence-corrected chi connectivity index (χ0v) is 14.5. The number of benzene rings is 2. The van der Waals surface area contributed by atoms with E-state index >= 15 is 0 Å². The van der Waals surface area contributed by atoms with Crippen LogP contribution in [0.5, 0.6) is 0 Å². The van der Waals surface area contributed by atoms with Crippen LogP contribution in [0.4, 0.5) is 5.69 Å². The van der Waals surface area contributed by atoms with Crippen LogP contribution in [0.15, 0.2) is 48.5 Å². The first-order valence-electron chi connectivity index (χ1n) is 6.55. The van der Waals surface area contributed by atoms with Crippen molar-refractivity contribution in [2.45, 2.75) is 13.3 Å². The third-order valence-electron chi connectivity index (χ3n) is 2.95. The van der Waals surface area contributed by atoms with Crippen LogP contribution >= 0.6 is 34.8 Å². The zero-order chi connectivity index (χ0) is 15.2. The largest absolute Gasteiger partial charge is 0.332 e. The lowest BCUT2D eigenvalue weighted by atomic mass is 10.1. The molecule has 3 nitrogen and oxygen atoms in total. The quantitative estimate of drug-likeness (QED) is 0.594. The van der Waals surface area contributed by atoms with Gasteiger partial charge in [-0.3, -0.25) is 10.1 Å². The molecule has 0 aromatic heterocycles. The van der Waals surface area contributed by atoms with Gasteiger partial charge in [-0.1, -0.05) is 19.1 Å². The van der Waals surface area contributed by atoms with Gasteiger partial charge in [-0.2, -0.15) is 0 Å². The molecule has 0 heterocycles. The average Bonchev–Trinajstić information content (AvgIpc) is 2.48. The van der Waals surface area contributed by atoms with Crippen LogP contribution in [0.3, 0.4) is 0 Å². The van der Waals surface area contributed by atoms with Crippen molar-refractivity contribution in [2.24, 2.45) is 0 Å². The van der Waals surface area contributed by atoms with Crippen LogP contribution in [-0.2, 0) is 6.42 Å². The van der Waals surface area contributed by atoms with Gasteiger partial charge in [0.2, 0.25) is 0 Å². The summed E-state index contributed by atoms with van der Waals surface area (Å²) in [5.41, 5.74) is 2.70. The standard InChI is InChI=1S/C16H15IN2OS/c1-2-11-3-9-14(10-4-11)18-16(21)19-15(20)12-5-7-13(17)8-6-12/h3-10H,2H2,1H3,(H2,18,19,20,21). The van der Waals surface area contributed by atoms with E-state index in [4.69, 9.17) is 12.2 Å².